The van der Waals surface area contributed by atoms with Gasteiger partial charge in [-0.2, -0.15) is 5.11 Å². The molecule has 0 heterocycles. The first-order valence-corrected chi connectivity index (χ1v) is 3.83. The summed E-state index contributed by atoms with van der Waals surface area (Å²) >= 11 is 0. The smallest absolute Gasteiger partial charge is 0.442 e. The van der Waals surface area contributed by atoms with E-state index in [1.807, 2.05) is 30.3 Å². The summed E-state index contributed by atoms with van der Waals surface area (Å²) in [5.74, 6) is 0. The van der Waals surface area contributed by atoms with E-state index in [-0.39, 0.29) is 6.61 Å². The van der Waals surface area contributed by atoms with E-state index in [1.54, 1.807) is 0 Å². The number of ether oxygens (including phenoxy) is 1. The first-order chi connectivity index (χ1) is 6.33. The molecule has 0 atom stereocenters. The minimum absolute atomic E-state index is 0.235. The van der Waals surface area contributed by atoms with Gasteiger partial charge in [0.05, 0.1) is 0 Å². The predicted molar refractivity (Wildman–Crippen MR) is 47.4 cm³/mol. The van der Waals surface area contributed by atoms with Crippen LogP contribution in [-0.4, -0.2) is 13.1 Å². The highest BCUT2D eigenvalue weighted by molar-refractivity contribution is 5.67. The zero-order valence-corrected chi connectivity index (χ0v) is 7.30. The van der Waals surface area contributed by atoms with Crippen LogP contribution in [0, 0.1) is 0 Å². The summed E-state index contributed by atoms with van der Waals surface area (Å²) in [5.41, 5.74) is 0.933. The van der Waals surface area contributed by atoms with E-state index in [4.69, 9.17) is 4.74 Å². The summed E-state index contributed by atoms with van der Waals surface area (Å²) in [7, 11) is 1.42. The molecule has 13 heavy (non-hydrogen) atoms. The molecule has 0 aliphatic carbocycles. The molecule has 0 fully saturated rings. The largest absolute Gasteiger partial charge is 0.452 e. The van der Waals surface area contributed by atoms with Gasteiger partial charge in [0.25, 0.3) is 0 Å². The first kappa shape index (κ1) is 9.38. The van der Waals surface area contributed by atoms with Gasteiger partial charge in [-0.3, -0.25) is 0 Å². The van der Waals surface area contributed by atoms with Gasteiger partial charge in [0, 0.05) is 7.05 Å². The molecule has 0 aliphatic heterocycles. The molecule has 0 bridgehead atoms. The molecule has 0 aliphatic rings. The Kier molecular flexibility index (Phi) is 3.63. The highest BCUT2D eigenvalue weighted by Gasteiger charge is 1.98. The van der Waals surface area contributed by atoms with Crippen molar-refractivity contribution in [2.24, 2.45) is 10.2 Å². The van der Waals surface area contributed by atoms with Gasteiger partial charge in [-0.05, 0) is 5.56 Å². The van der Waals surface area contributed by atoms with Gasteiger partial charge in [-0.15, -0.1) is 0 Å². The Morgan fingerprint density at radius 3 is 2.69 bits per heavy atom. The molecule has 0 saturated carbocycles. The molecule has 0 unspecified atom stereocenters. The summed E-state index contributed by atoms with van der Waals surface area (Å²) in [5, 5.41) is 6.50. The summed E-state index contributed by atoms with van der Waals surface area (Å²) in [6, 6.07) is 9.40. The molecule has 0 radical (unpaired) electrons. The summed E-state index contributed by atoms with van der Waals surface area (Å²) in [6.45, 7) is 0.235. The molecule has 1 rings (SSSR count). The quantitative estimate of drug-likeness (QED) is 0.653. The van der Waals surface area contributed by atoms with E-state index in [2.05, 4.69) is 10.2 Å². The zero-order chi connectivity index (χ0) is 9.52. The molecule has 0 aromatic heterocycles. The van der Waals surface area contributed by atoms with E-state index in [0.29, 0.717) is 0 Å². The summed E-state index contributed by atoms with van der Waals surface area (Å²) < 4.78 is 4.77. The van der Waals surface area contributed by atoms with Crippen molar-refractivity contribution in [2.45, 2.75) is 6.61 Å². The number of rotatable bonds is 2. The van der Waals surface area contributed by atoms with Crippen LogP contribution in [0.4, 0.5) is 4.79 Å². The standard InChI is InChI=1S/C9H10N2O2/c1-10-11-9(12)13-7-8-5-3-2-4-6-8/h2-6H,7H2,1H3. The van der Waals surface area contributed by atoms with E-state index < -0.39 is 6.09 Å². The molecule has 4 nitrogen and oxygen atoms in total. The Labute approximate surface area is 76.2 Å². The molecular formula is C9H10N2O2. The average Bonchev–Trinajstić information content (AvgIpc) is 2.17. The number of hydrogen-bond acceptors (Lipinski definition) is 3. The lowest BCUT2D eigenvalue weighted by Crippen LogP contribution is -1.97. The maximum atomic E-state index is 10.7. The number of benzene rings is 1. The number of azo groups is 1. The first-order valence-electron chi connectivity index (χ1n) is 3.83. The Morgan fingerprint density at radius 1 is 1.38 bits per heavy atom. The van der Waals surface area contributed by atoms with Crippen LogP contribution < -0.4 is 0 Å². The molecule has 0 saturated heterocycles. The van der Waals surface area contributed by atoms with Gasteiger partial charge in [-0.25, -0.2) is 4.79 Å². The maximum Gasteiger partial charge on any atom is 0.452 e. The third-order valence-electron chi connectivity index (χ3n) is 1.39. The van der Waals surface area contributed by atoms with Crippen molar-refractivity contribution in [1.29, 1.82) is 0 Å². The number of amides is 1. The number of nitrogens with zero attached hydrogens (tertiary/aromatic N) is 2. The van der Waals surface area contributed by atoms with Crippen molar-refractivity contribution in [3.63, 3.8) is 0 Å². The molecule has 1 amide bonds. The molecule has 68 valence electrons. The molecule has 4 heteroatoms. The number of carbonyl (C=O) groups excluding carboxylic acids is 1. The minimum Gasteiger partial charge on any atom is -0.442 e. The molecule has 0 spiro atoms. The molecular weight excluding hydrogens is 168 g/mol. The Morgan fingerprint density at radius 2 is 2.08 bits per heavy atom. The van der Waals surface area contributed by atoms with Crippen LogP contribution in [-0.2, 0) is 11.3 Å². The fourth-order valence-corrected chi connectivity index (χ4v) is 0.830. The lowest BCUT2D eigenvalue weighted by atomic mass is 10.2. The van der Waals surface area contributed by atoms with Gasteiger partial charge in [0.1, 0.15) is 6.61 Å². The topological polar surface area (TPSA) is 51.0 Å². The van der Waals surface area contributed by atoms with Crippen LogP contribution in [0.3, 0.4) is 0 Å². The van der Waals surface area contributed by atoms with Crippen LogP contribution in [0.5, 0.6) is 0 Å². The van der Waals surface area contributed by atoms with E-state index in [9.17, 15) is 4.79 Å². The lowest BCUT2D eigenvalue weighted by molar-refractivity contribution is 0.149. The second-order valence-corrected chi connectivity index (χ2v) is 2.34. The average molecular weight is 178 g/mol. The lowest BCUT2D eigenvalue weighted by Gasteiger charge is -1.99. The van der Waals surface area contributed by atoms with Crippen LogP contribution >= 0.6 is 0 Å². The second-order valence-electron chi connectivity index (χ2n) is 2.34. The maximum absolute atomic E-state index is 10.7. The number of carbonyl (C=O) groups is 1. The Bertz CT molecular complexity index is 296. The van der Waals surface area contributed by atoms with E-state index in [1.165, 1.54) is 7.05 Å². The van der Waals surface area contributed by atoms with Crippen LogP contribution in [0.1, 0.15) is 5.56 Å². The molecule has 1 aromatic carbocycles. The zero-order valence-electron chi connectivity index (χ0n) is 7.30. The Balaban J connectivity index is 2.40. The highest BCUT2D eigenvalue weighted by Crippen LogP contribution is 2.01. The molecule has 1 aromatic rings. The second kappa shape index (κ2) is 5.03. The van der Waals surface area contributed by atoms with Gasteiger partial charge in [-0.1, -0.05) is 35.4 Å². The SMILES string of the molecule is CN=NC(=O)OCc1ccccc1. The van der Waals surface area contributed by atoms with Crippen molar-refractivity contribution in [3.05, 3.63) is 35.9 Å². The summed E-state index contributed by atoms with van der Waals surface area (Å²) in [4.78, 5) is 10.7. The fraction of sp³-hybridized carbons (Fsp3) is 0.222. The van der Waals surface area contributed by atoms with Crippen molar-refractivity contribution in [1.82, 2.24) is 0 Å². The third kappa shape index (κ3) is 3.46. The van der Waals surface area contributed by atoms with Gasteiger partial charge in [0.2, 0.25) is 0 Å². The van der Waals surface area contributed by atoms with Gasteiger partial charge in [0.15, 0.2) is 0 Å². The highest BCUT2D eigenvalue weighted by atomic mass is 16.5. The third-order valence-corrected chi connectivity index (χ3v) is 1.39. The fourth-order valence-electron chi connectivity index (χ4n) is 0.830. The van der Waals surface area contributed by atoms with Crippen LogP contribution in [0.2, 0.25) is 0 Å². The van der Waals surface area contributed by atoms with Crippen LogP contribution in [0.15, 0.2) is 40.6 Å². The van der Waals surface area contributed by atoms with Crippen molar-refractivity contribution >= 4 is 6.09 Å². The van der Waals surface area contributed by atoms with Crippen LogP contribution in [0.25, 0.3) is 0 Å². The van der Waals surface area contributed by atoms with E-state index >= 15 is 0 Å². The van der Waals surface area contributed by atoms with Crippen molar-refractivity contribution < 1.29 is 9.53 Å². The predicted octanol–water partition coefficient (Wildman–Crippen LogP) is 2.41. The number of hydrogen-bond donors (Lipinski definition) is 0. The van der Waals surface area contributed by atoms with E-state index in [0.717, 1.165) is 5.56 Å². The Hall–Kier alpha value is -1.71. The summed E-state index contributed by atoms with van der Waals surface area (Å²) in [6.07, 6.45) is -0.661. The molecule has 0 N–H and O–H groups in total. The van der Waals surface area contributed by atoms with Gasteiger partial charge >= 0.3 is 6.09 Å². The minimum atomic E-state index is -0.661. The van der Waals surface area contributed by atoms with Crippen molar-refractivity contribution in [3.8, 4) is 0 Å². The monoisotopic (exact) mass is 178 g/mol. The van der Waals surface area contributed by atoms with Gasteiger partial charge < -0.3 is 4.74 Å². The van der Waals surface area contributed by atoms with Crippen molar-refractivity contribution in [2.75, 3.05) is 7.05 Å². The normalized spacial score (nSPS) is 10.2.